The molecule has 1 saturated heterocycles. The van der Waals surface area contributed by atoms with E-state index in [0.29, 0.717) is 25.3 Å². The van der Waals surface area contributed by atoms with Crippen molar-refractivity contribution in [2.45, 2.75) is 19.5 Å². The SMILES string of the molecule is COC[C@@H]1C[C@@H](C)CN(C(=O)c2cn3nc(-c4ccc(F)cc4)cc(C(F)(F)F)c3n2)C1. The van der Waals surface area contributed by atoms with Crippen LogP contribution in [0.1, 0.15) is 29.4 Å². The van der Waals surface area contributed by atoms with Crippen molar-refractivity contribution >= 4 is 11.6 Å². The molecule has 6 nitrogen and oxygen atoms in total. The van der Waals surface area contributed by atoms with E-state index in [1.165, 1.54) is 18.3 Å². The molecule has 0 spiro atoms. The number of hydrogen-bond acceptors (Lipinski definition) is 4. The van der Waals surface area contributed by atoms with Crippen molar-refractivity contribution in [1.82, 2.24) is 19.5 Å². The van der Waals surface area contributed by atoms with Crippen LogP contribution < -0.4 is 0 Å². The van der Waals surface area contributed by atoms with E-state index in [4.69, 9.17) is 4.74 Å². The number of piperidine rings is 1. The van der Waals surface area contributed by atoms with E-state index in [1.54, 1.807) is 12.0 Å². The molecule has 1 aliphatic heterocycles. The van der Waals surface area contributed by atoms with Gasteiger partial charge in [0.25, 0.3) is 5.91 Å². The molecule has 0 bridgehead atoms. The number of halogens is 4. The summed E-state index contributed by atoms with van der Waals surface area (Å²) in [7, 11) is 1.59. The molecule has 170 valence electrons. The van der Waals surface area contributed by atoms with E-state index in [0.717, 1.165) is 29.1 Å². The average molecular weight is 450 g/mol. The third kappa shape index (κ3) is 4.45. The van der Waals surface area contributed by atoms with Gasteiger partial charge in [-0.2, -0.15) is 18.3 Å². The highest BCUT2D eigenvalue weighted by molar-refractivity contribution is 5.93. The van der Waals surface area contributed by atoms with Crippen LogP contribution >= 0.6 is 0 Å². The number of benzene rings is 1. The predicted octanol–water partition coefficient (Wildman–Crippen LogP) is 4.30. The fourth-order valence-corrected chi connectivity index (χ4v) is 4.22. The number of methoxy groups -OCH3 is 1. The highest BCUT2D eigenvalue weighted by Gasteiger charge is 2.36. The van der Waals surface area contributed by atoms with Crippen molar-refractivity contribution in [3.8, 4) is 11.3 Å². The number of alkyl halides is 3. The van der Waals surface area contributed by atoms with Crippen LogP contribution in [-0.2, 0) is 10.9 Å². The molecule has 1 amide bonds. The zero-order chi connectivity index (χ0) is 23.0. The fourth-order valence-electron chi connectivity index (χ4n) is 4.22. The molecule has 10 heteroatoms. The number of hydrogen-bond donors (Lipinski definition) is 0. The Morgan fingerprint density at radius 2 is 1.94 bits per heavy atom. The smallest absolute Gasteiger partial charge is 0.384 e. The molecule has 2 aromatic heterocycles. The maximum atomic E-state index is 13.8. The molecule has 0 saturated carbocycles. The molecule has 0 N–H and O–H groups in total. The number of fused-ring (bicyclic) bond motifs is 1. The van der Waals surface area contributed by atoms with Crippen molar-refractivity contribution in [1.29, 1.82) is 0 Å². The maximum absolute atomic E-state index is 13.8. The van der Waals surface area contributed by atoms with Crippen LogP contribution in [0.2, 0.25) is 0 Å². The summed E-state index contributed by atoms with van der Waals surface area (Å²) in [4.78, 5) is 18.7. The second-order valence-electron chi connectivity index (χ2n) is 8.21. The molecule has 32 heavy (non-hydrogen) atoms. The number of ether oxygens (including phenoxy) is 1. The average Bonchev–Trinajstić information content (AvgIpc) is 3.16. The summed E-state index contributed by atoms with van der Waals surface area (Å²) in [6, 6.07) is 5.84. The Labute approximate surface area is 181 Å². The summed E-state index contributed by atoms with van der Waals surface area (Å²) in [6.45, 7) is 3.46. The molecule has 1 aliphatic rings. The van der Waals surface area contributed by atoms with E-state index < -0.39 is 29.1 Å². The summed E-state index contributed by atoms with van der Waals surface area (Å²) in [5.41, 5.74) is -1.27. The molecule has 4 rings (SSSR count). The molecular formula is C22H22F4N4O2. The van der Waals surface area contributed by atoms with Gasteiger partial charge in [0, 0.05) is 31.7 Å². The maximum Gasteiger partial charge on any atom is 0.420 e. The number of carbonyl (C=O) groups excluding carboxylic acids is 1. The molecule has 0 aliphatic carbocycles. The first-order chi connectivity index (χ1) is 15.2. The number of rotatable bonds is 4. The fraction of sp³-hybridized carbons (Fsp3) is 0.409. The van der Waals surface area contributed by atoms with Gasteiger partial charge < -0.3 is 9.64 Å². The van der Waals surface area contributed by atoms with Gasteiger partial charge in [0.1, 0.15) is 17.1 Å². The van der Waals surface area contributed by atoms with Crippen molar-refractivity contribution in [2.24, 2.45) is 11.8 Å². The Balaban J connectivity index is 1.74. The molecule has 1 aromatic carbocycles. The van der Waals surface area contributed by atoms with Crippen molar-refractivity contribution in [3.05, 3.63) is 53.6 Å². The lowest BCUT2D eigenvalue weighted by Crippen LogP contribution is -2.44. The first kappa shape index (κ1) is 22.2. The van der Waals surface area contributed by atoms with E-state index in [9.17, 15) is 22.4 Å². The third-order valence-corrected chi connectivity index (χ3v) is 5.53. The number of aromatic nitrogens is 3. The number of amides is 1. The van der Waals surface area contributed by atoms with Gasteiger partial charge in [-0.1, -0.05) is 6.92 Å². The Morgan fingerprint density at radius 3 is 2.59 bits per heavy atom. The molecule has 3 aromatic rings. The normalized spacial score (nSPS) is 19.5. The van der Waals surface area contributed by atoms with E-state index in [1.807, 2.05) is 6.92 Å². The van der Waals surface area contributed by atoms with Crippen molar-refractivity contribution < 1.29 is 27.1 Å². The van der Waals surface area contributed by atoms with Gasteiger partial charge in [-0.3, -0.25) is 4.79 Å². The highest BCUT2D eigenvalue weighted by Crippen LogP contribution is 2.34. The minimum absolute atomic E-state index is 0.00650. The van der Waals surface area contributed by atoms with Gasteiger partial charge in [0.2, 0.25) is 0 Å². The number of likely N-dealkylation sites (tertiary alicyclic amines) is 1. The molecule has 3 heterocycles. The lowest BCUT2D eigenvalue weighted by molar-refractivity contribution is -0.136. The summed E-state index contributed by atoms with van der Waals surface area (Å²) in [6.07, 6.45) is -2.60. The minimum atomic E-state index is -4.71. The second-order valence-corrected chi connectivity index (χ2v) is 8.21. The molecule has 0 radical (unpaired) electrons. The van der Waals surface area contributed by atoms with Gasteiger partial charge in [-0.15, -0.1) is 0 Å². The third-order valence-electron chi connectivity index (χ3n) is 5.53. The minimum Gasteiger partial charge on any atom is -0.384 e. The first-order valence-electron chi connectivity index (χ1n) is 10.2. The monoisotopic (exact) mass is 450 g/mol. The first-order valence-corrected chi connectivity index (χ1v) is 10.2. The lowest BCUT2D eigenvalue weighted by atomic mass is 9.91. The summed E-state index contributed by atoms with van der Waals surface area (Å²) in [5.74, 6) is -0.568. The zero-order valence-electron chi connectivity index (χ0n) is 17.6. The summed E-state index contributed by atoms with van der Waals surface area (Å²) in [5, 5.41) is 4.20. The molecule has 1 fully saturated rings. The highest BCUT2D eigenvalue weighted by atomic mass is 19.4. The number of carbonyl (C=O) groups is 1. The van der Waals surface area contributed by atoms with Gasteiger partial charge in [0.15, 0.2) is 5.65 Å². The van der Waals surface area contributed by atoms with E-state index in [-0.39, 0.29) is 23.2 Å². The van der Waals surface area contributed by atoms with Crippen LogP contribution in [0.4, 0.5) is 17.6 Å². The van der Waals surface area contributed by atoms with Gasteiger partial charge >= 0.3 is 6.18 Å². The van der Waals surface area contributed by atoms with Crippen LogP contribution in [0.5, 0.6) is 0 Å². The largest absolute Gasteiger partial charge is 0.420 e. The van der Waals surface area contributed by atoms with E-state index in [2.05, 4.69) is 10.1 Å². The molecule has 0 unspecified atom stereocenters. The van der Waals surface area contributed by atoms with Crippen molar-refractivity contribution in [3.63, 3.8) is 0 Å². The number of nitrogens with zero attached hydrogens (tertiary/aromatic N) is 4. The molecular weight excluding hydrogens is 428 g/mol. The topological polar surface area (TPSA) is 59.7 Å². The summed E-state index contributed by atoms with van der Waals surface area (Å²) < 4.78 is 60.7. The van der Waals surface area contributed by atoms with Crippen molar-refractivity contribution in [2.75, 3.05) is 26.8 Å². The molecule has 2 atom stereocenters. The number of imidazole rings is 1. The quantitative estimate of drug-likeness (QED) is 0.557. The van der Waals surface area contributed by atoms with Gasteiger partial charge in [-0.05, 0) is 42.7 Å². The van der Waals surface area contributed by atoms with Crippen LogP contribution in [-0.4, -0.2) is 52.2 Å². The van der Waals surface area contributed by atoms with Crippen LogP contribution in [0.3, 0.4) is 0 Å². The Kier molecular flexibility index (Phi) is 5.89. The Morgan fingerprint density at radius 1 is 1.22 bits per heavy atom. The van der Waals surface area contributed by atoms with Gasteiger partial charge in [-0.25, -0.2) is 13.9 Å². The summed E-state index contributed by atoms with van der Waals surface area (Å²) >= 11 is 0. The van der Waals surface area contributed by atoms with Crippen LogP contribution in [0.15, 0.2) is 36.5 Å². The van der Waals surface area contributed by atoms with Gasteiger partial charge in [0.05, 0.1) is 18.5 Å². The lowest BCUT2D eigenvalue weighted by Gasteiger charge is -2.35. The Bertz CT molecular complexity index is 1130. The van der Waals surface area contributed by atoms with Crippen LogP contribution in [0.25, 0.3) is 16.9 Å². The standard InChI is InChI=1S/C22H22F4N4O2/c1-13-7-14(12-32-2)10-29(9-13)21(31)19-11-30-20(27-19)17(22(24,25)26)8-18(28-30)15-3-5-16(23)6-4-15/h3-6,8,11,13-14H,7,9-10,12H2,1-2H3/t13-,14-/m1/s1. The predicted molar refractivity (Wildman–Crippen MR) is 108 cm³/mol. The zero-order valence-corrected chi connectivity index (χ0v) is 17.6. The second kappa shape index (κ2) is 8.50. The van der Waals surface area contributed by atoms with Crippen LogP contribution in [0, 0.1) is 17.7 Å². The van der Waals surface area contributed by atoms with E-state index >= 15 is 0 Å². The Hall–Kier alpha value is -3.01.